The first kappa shape index (κ1) is 13.5. The third-order valence-electron chi connectivity index (χ3n) is 2.43. The molecule has 0 fully saturated rings. The van der Waals surface area contributed by atoms with Crippen LogP contribution in [0.2, 0.25) is 0 Å². The molecule has 0 bridgehead atoms. The van der Waals surface area contributed by atoms with Gasteiger partial charge in [0.15, 0.2) is 5.16 Å². The van der Waals surface area contributed by atoms with Crippen LogP contribution in [-0.2, 0) is 0 Å². The molecule has 1 aromatic rings. The third kappa shape index (κ3) is 4.94. The fourth-order valence-corrected chi connectivity index (χ4v) is 1.94. The maximum Gasteiger partial charge on any atom is 0.187 e. The van der Waals surface area contributed by atoms with Crippen molar-refractivity contribution in [2.24, 2.45) is 0 Å². The van der Waals surface area contributed by atoms with Crippen molar-refractivity contribution in [2.45, 2.75) is 50.6 Å². The molecular weight excluding hydrogens is 218 g/mol. The van der Waals surface area contributed by atoms with Crippen LogP contribution >= 0.6 is 11.8 Å². The number of thioether (sulfide) groups is 1. The molecule has 2 unspecified atom stereocenters. The minimum Gasteiger partial charge on any atom is -0.313 e. The van der Waals surface area contributed by atoms with Gasteiger partial charge in [-0.1, -0.05) is 25.6 Å². The first-order valence-electron chi connectivity index (χ1n) is 5.80. The van der Waals surface area contributed by atoms with E-state index in [4.69, 9.17) is 0 Å². The molecule has 0 radical (unpaired) electrons. The highest BCUT2D eigenvalue weighted by Gasteiger charge is 2.07. The largest absolute Gasteiger partial charge is 0.313 e. The van der Waals surface area contributed by atoms with E-state index < -0.39 is 0 Å². The normalized spacial score (nSPS) is 14.8. The average Bonchev–Trinajstić information content (AvgIpc) is 2.29. The summed E-state index contributed by atoms with van der Waals surface area (Å²) < 4.78 is 0. The topological polar surface area (TPSA) is 37.8 Å². The van der Waals surface area contributed by atoms with Gasteiger partial charge in [-0.05, 0) is 25.8 Å². The lowest BCUT2D eigenvalue weighted by Crippen LogP contribution is -2.30. The Kier molecular flexibility index (Phi) is 5.77. The molecule has 90 valence electrons. The van der Waals surface area contributed by atoms with Gasteiger partial charge < -0.3 is 5.32 Å². The summed E-state index contributed by atoms with van der Waals surface area (Å²) in [6, 6.07) is 0.585. The fourth-order valence-electron chi connectivity index (χ4n) is 1.17. The maximum absolute atomic E-state index is 4.29. The van der Waals surface area contributed by atoms with E-state index in [-0.39, 0.29) is 0 Å². The number of nitrogens with one attached hydrogen (secondary N) is 1. The molecule has 0 aliphatic rings. The summed E-state index contributed by atoms with van der Waals surface area (Å²) in [6.07, 6.45) is 4.90. The van der Waals surface area contributed by atoms with Crippen LogP contribution in [0.25, 0.3) is 0 Å². The van der Waals surface area contributed by atoms with Gasteiger partial charge in [0.1, 0.15) is 0 Å². The van der Waals surface area contributed by atoms with E-state index in [2.05, 4.69) is 36.1 Å². The molecule has 2 atom stereocenters. The van der Waals surface area contributed by atoms with Crippen molar-refractivity contribution in [2.75, 3.05) is 6.54 Å². The van der Waals surface area contributed by atoms with Crippen LogP contribution in [0, 0.1) is 6.92 Å². The van der Waals surface area contributed by atoms with Gasteiger partial charge in [-0.15, -0.1) is 0 Å². The average molecular weight is 239 g/mol. The SMILES string of the molecule is CCC(C)NCC(C)Sc1ncc(C)cn1. The Morgan fingerprint density at radius 3 is 2.50 bits per heavy atom. The molecule has 0 amide bonds. The van der Waals surface area contributed by atoms with Crippen molar-refractivity contribution in [3.8, 4) is 0 Å². The zero-order chi connectivity index (χ0) is 12.0. The number of rotatable bonds is 6. The number of nitrogens with zero attached hydrogens (tertiary/aromatic N) is 2. The van der Waals surface area contributed by atoms with Gasteiger partial charge in [0.05, 0.1) is 0 Å². The molecule has 0 saturated heterocycles. The Morgan fingerprint density at radius 1 is 1.31 bits per heavy atom. The van der Waals surface area contributed by atoms with E-state index >= 15 is 0 Å². The summed E-state index contributed by atoms with van der Waals surface area (Å²) >= 11 is 1.72. The second-order valence-electron chi connectivity index (χ2n) is 4.19. The summed E-state index contributed by atoms with van der Waals surface area (Å²) in [7, 11) is 0. The third-order valence-corrected chi connectivity index (χ3v) is 3.42. The van der Waals surface area contributed by atoms with Crippen molar-refractivity contribution in [3.63, 3.8) is 0 Å². The quantitative estimate of drug-likeness (QED) is 0.612. The maximum atomic E-state index is 4.29. The van der Waals surface area contributed by atoms with Gasteiger partial charge in [0.25, 0.3) is 0 Å². The van der Waals surface area contributed by atoms with Crippen LogP contribution in [0.4, 0.5) is 0 Å². The Morgan fingerprint density at radius 2 is 1.94 bits per heavy atom. The molecule has 1 heterocycles. The van der Waals surface area contributed by atoms with Gasteiger partial charge in [0.2, 0.25) is 0 Å². The predicted molar refractivity (Wildman–Crippen MR) is 69.8 cm³/mol. The molecule has 1 rings (SSSR count). The second-order valence-corrected chi connectivity index (χ2v) is 5.59. The lowest BCUT2D eigenvalue weighted by molar-refractivity contribution is 0.536. The predicted octanol–water partition coefficient (Wildman–Crippen LogP) is 2.65. The number of hydrogen-bond acceptors (Lipinski definition) is 4. The molecule has 1 aromatic heterocycles. The summed E-state index contributed by atoms with van der Waals surface area (Å²) in [5, 5.41) is 4.85. The van der Waals surface area contributed by atoms with Crippen LogP contribution in [-0.4, -0.2) is 27.8 Å². The first-order valence-corrected chi connectivity index (χ1v) is 6.68. The molecule has 3 nitrogen and oxygen atoms in total. The Bertz CT molecular complexity index is 300. The molecule has 16 heavy (non-hydrogen) atoms. The summed E-state index contributed by atoms with van der Waals surface area (Å²) in [5.74, 6) is 0. The van der Waals surface area contributed by atoms with E-state index in [1.165, 1.54) is 6.42 Å². The van der Waals surface area contributed by atoms with Crippen molar-refractivity contribution >= 4 is 11.8 Å². The van der Waals surface area contributed by atoms with Crippen LogP contribution in [0.3, 0.4) is 0 Å². The molecular formula is C12H21N3S. The lowest BCUT2D eigenvalue weighted by atomic mass is 10.2. The van der Waals surface area contributed by atoms with Crippen LogP contribution < -0.4 is 5.32 Å². The van der Waals surface area contributed by atoms with Crippen molar-refractivity contribution in [3.05, 3.63) is 18.0 Å². The fraction of sp³-hybridized carbons (Fsp3) is 0.667. The highest BCUT2D eigenvalue weighted by molar-refractivity contribution is 7.99. The zero-order valence-corrected chi connectivity index (χ0v) is 11.3. The van der Waals surface area contributed by atoms with E-state index in [0.717, 1.165) is 17.3 Å². The standard InChI is InChI=1S/C12H21N3S/c1-5-10(3)13-8-11(4)16-12-14-6-9(2)7-15-12/h6-7,10-11,13H,5,8H2,1-4H3. The van der Waals surface area contributed by atoms with Gasteiger partial charge >= 0.3 is 0 Å². The van der Waals surface area contributed by atoms with E-state index in [1.807, 2.05) is 19.3 Å². The Hall–Kier alpha value is -0.610. The van der Waals surface area contributed by atoms with Gasteiger partial charge in [-0.25, -0.2) is 9.97 Å². The van der Waals surface area contributed by atoms with Crippen LogP contribution in [0.5, 0.6) is 0 Å². The molecule has 0 spiro atoms. The van der Waals surface area contributed by atoms with Crippen molar-refractivity contribution in [1.82, 2.24) is 15.3 Å². The van der Waals surface area contributed by atoms with Crippen molar-refractivity contribution < 1.29 is 0 Å². The smallest absolute Gasteiger partial charge is 0.187 e. The first-order chi connectivity index (χ1) is 7.61. The molecule has 4 heteroatoms. The molecule has 0 saturated carbocycles. The Balaban J connectivity index is 2.33. The van der Waals surface area contributed by atoms with Crippen LogP contribution in [0.1, 0.15) is 32.8 Å². The van der Waals surface area contributed by atoms with Crippen molar-refractivity contribution in [1.29, 1.82) is 0 Å². The lowest BCUT2D eigenvalue weighted by Gasteiger charge is -2.15. The Labute approximate surface area is 102 Å². The number of aryl methyl sites for hydroxylation is 1. The monoisotopic (exact) mass is 239 g/mol. The van der Waals surface area contributed by atoms with Gasteiger partial charge in [0, 0.05) is 30.2 Å². The number of hydrogen-bond donors (Lipinski definition) is 1. The molecule has 1 N–H and O–H groups in total. The highest BCUT2D eigenvalue weighted by Crippen LogP contribution is 2.18. The van der Waals surface area contributed by atoms with Crippen LogP contribution in [0.15, 0.2) is 17.6 Å². The van der Waals surface area contributed by atoms with Gasteiger partial charge in [-0.3, -0.25) is 0 Å². The minimum absolute atomic E-state index is 0.497. The molecule has 0 aliphatic heterocycles. The van der Waals surface area contributed by atoms with E-state index in [0.29, 0.717) is 11.3 Å². The highest BCUT2D eigenvalue weighted by atomic mass is 32.2. The minimum atomic E-state index is 0.497. The van der Waals surface area contributed by atoms with E-state index in [9.17, 15) is 0 Å². The number of aromatic nitrogens is 2. The second kappa shape index (κ2) is 6.86. The summed E-state index contributed by atoms with van der Waals surface area (Å²) in [4.78, 5) is 8.58. The summed E-state index contributed by atoms with van der Waals surface area (Å²) in [6.45, 7) is 9.60. The van der Waals surface area contributed by atoms with Gasteiger partial charge in [-0.2, -0.15) is 0 Å². The zero-order valence-electron chi connectivity index (χ0n) is 10.5. The molecule has 0 aromatic carbocycles. The van der Waals surface area contributed by atoms with E-state index in [1.54, 1.807) is 11.8 Å². The summed E-state index contributed by atoms with van der Waals surface area (Å²) in [5.41, 5.74) is 1.11. The molecule has 0 aliphatic carbocycles.